The predicted molar refractivity (Wildman–Crippen MR) is 199 cm³/mol. The topological polar surface area (TPSA) is 17.8 Å². The summed E-state index contributed by atoms with van der Waals surface area (Å²) in [5.41, 5.74) is 9.05. The van der Waals surface area contributed by atoms with Crippen molar-refractivity contribution in [3.05, 3.63) is 170 Å². The molecule has 10 aromatic rings. The normalized spacial score (nSPS) is 11.8. The van der Waals surface area contributed by atoms with E-state index in [2.05, 4.69) is 174 Å². The van der Waals surface area contributed by atoms with Crippen LogP contribution < -0.4 is 0 Å². The van der Waals surface area contributed by atoms with Crippen molar-refractivity contribution in [2.45, 2.75) is 0 Å². The molecule has 2 heteroatoms. The van der Waals surface area contributed by atoms with E-state index in [4.69, 9.17) is 4.98 Å². The quantitative estimate of drug-likeness (QED) is 0.186. The van der Waals surface area contributed by atoms with E-state index >= 15 is 0 Å². The Hall–Kier alpha value is -6.25. The summed E-state index contributed by atoms with van der Waals surface area (Å²) in [7, 11) is 0. The summed E-state index contributed by atoms with van der Waals surface area (Å²) in [5, 5.41) is 11.2. The van der Waals surface area contributed by atoms with Crippen LogP contribution in [0.4, 0.5) is 0 Å². The molecule has 0 atom stereocenters. The van der Waals surface area contributed by atoms with Crippen LogP contribution in [0.2, 0.25) is 0 Å². The minimum absolute atomic E-state index is 1.01. The minimum atomic E-state index is 1.01. The molecule has 0 spiro atoms. The molecule has 0 aliphatic rings. The predicted octanol–water partition coefficient (Wildman–Crippen LogP) is 12.1. The van der Waals surface area contributed by atoms with E-state index in [1.165, 1.54) is 70.6 Å². The number of pyridine rings is 1. The van der Waals surface area contributed by atoms with Gasteiger partial charge in [-0.05, 0) is 69.1 Å². The van der Waals surface area contributed by atoms with Gasteiger partial charge in [-0.2, -0.15) is 0 Å². The summed E-state index contributed by atoms with van der Waals surface area (Å²) < 4.78 is 2.38. The molecule has 0 amide bonds. The van der Waals surface area contributed by atoms with E-state index in [1.807, 2.05) is 0 Å². The van der Waals surface area contributed by atoms with Gasteiger partial charge >= 0.3 is 0 Å². The monoisotopic (exact) mass is 596 g/mol. The van der Waals surface area contributed by atoms with E-state index in [1.54, 1.807) is 0 Å². The van der Waals surface area contributed by atoms with Crippen molar-refractivity contribution >= 4 is 65.0 Å². The summed E-state index contributed by atoms with van der Waals surface area (Å²) in [4.78, 5) is 5.39. The third-order valence-corrected chi connectivity index (χ3v) is 9.73. The lowest BCUT2D eigenvalue weighted by atomic mass is 9.89. The fraction of sp³-hybridized carbons (Fsp3) is 0. The second-order valence-corrected chi connectivity index (χ2v) is 12.3. The first-order chi connectivity index (χ1) is 23.3. The zero-order valence-corrected chi connectivity index (χ0v) is 25.6. The molecule has 47 heavy (non-hydrogen) atoms. The third-order valence-electron chi connectivity index (χ3n) is 9.73. The summed E-state index contributed by atoms with van der Waals surface area (Å²) in [6, 6.07) is 61.3. The number of hydrogen-bond donors (Lipinski definition) is 0. The van der Waals surface area contributed by atoms with Gasteiger partial charge in [0.25, 0.3) is 0 Å². The zero-order chi connectivity index (χ0) is 30.9. The molecule has 0 radical (unpaired) electrons. The maximum absolute atomic E-state index is 5.39. The Kier molecular flexibility index (Phi) is 5.61. The standard InChI is InChI=1S/C45H28N2/c1-3-21-37-33(17-1)34-18-2-4-22-38(34)44-43(37)39-23-5-8-24-40(39)46-45(44)31-15-11-13-29(27-31)30-14-12-16-32(28-30)47-41-25-9-6-19-35(41)36-20-7-10-26-42(36)47/h1-28H. The maximum atomic E-state index is 5.39. The molecule has 0 fully saturated rings. The van der Waals surface area contributed by atoms with Gasteiger partial charge in [-0.15, -0.1) is 0 Å². The van der Waals surface area contributed by atoms with Crippen molar-refractivity contribution < 1.29 is 0 Å². The van der Waals surface area contributed by atoms with E-state index in [0.717, 1.165) is 22.5 Å². The van der Waals surface area contributed by atoms with Gasteiger partial charge in [-0.3, -0.25) is 0 Å². The second-order valence-electron chi connectivity index (χ2n) is 12.3. The Morgan fingerprint density at radius 1 is 0.340 bits per heavy atom. The number of hydrogen-bond acceptors (Lipinski definition) is 1. The Morgan fingerprint density at radius 3 is 1.51 bits per heavy atom. The number of fused-ring (bicyclic) bond motifs is 11. The maximum Gasteiger partial charge on any atom is 0.0794 e. The number of nitrogens with zero attached hydrogens (tertiary/aromatic N) is 2. The zero-order valence-electron chi connectivity index (χ0n) is 25.6. The number of para-hydroxylation sites is 3. The Labute approximate surface area is 271 Å². The fourth-order valence-electron chi connectivity index (χ4n) is 7.71. The molecule has 2 aromatic heterocycles. The van der Waals surface area contributed by atoms with Crippen molar-refractivity contribution in [1.82, 2.24) is 9.55 Å². The molecule has 10 rings (SSSR count). The molecule has 0 saturated carbocycles. The van der Waals surface area contributed by atoms with Crippen molar-refractivity contribution in [3.63, 3.8) is 0 Å². The molecule has 8 aromatic carbocycles. The molecule has 0 saturated heterocycles. The molecule has 2 heterocycles. The highest BCUT2D eigenvalue weighted by Gasteiger charge is 2.18. The highest BCUT2D eigenvalue weighted by atomic mass is 15.0. The molecular weight excluding hydrogens is 569 g/mol. The average molecular weight is 597 g/mol. The molecule has 0 N–H and O–H groups in total. The van der Waals surface area contributed by atoms with Gasteiger partial charge in [0, 0.05) is 38.2 Å². The number of aromatic nitrogens is 2. The molecule has 2 nitrogen and oxygen atoms in total. The van der Waals surface area contributed by atoms with Gasteiger partial charge in [0.05, 0.1) is 22.2 Å². The summed E-state index contributed by atoms with van der Waals surface area (Å²) in [6.45, 7) is 0. The van der Waals surface area contributed by atoms with Crippen LogP contribution in [0, 0.1) is 0 Å². The van der Waals surface area contributed by atoms with E-state index < -0.39 is 0 Å². The Morgan fingerprint density at radius 2 is 0.830 bits per heavy atom. The average Bonchev–Trinajstić information content (AvgIpc) is 3.49. The van der Waals surface area contributed by atoms with Gasteiger partial charge in [-0.1, -0.05) is 133 Å². The SMILES string of the molecule is c1cc(-c2cccc(-n3c4ccccc4c4ccccc43)c2)cc(-c2nc3ccccc3c3c4ccccc4c4ccccc4c23)c1. The van der Waals surface area contributed by atoms with Crippen molar-refractivity contribution in [3.8, 4) is 28.1 Å². The van der Waals surface area contributed by atoms with Crippen LogP contribution in [-0.2, 0) is 0 Å². The van der Waals surface area contributed by atoms with Crippen LogP contribution in [0.3, 0.4) is 0 Å². The van der Waals surface area contributed by atoms with Gasteiger partial charge in [0.1, 0.15) is 0 Å². The molecule has 0 bridgehead atoms. The van der Waals surface area contributed by atoms with Gasteiger partial charge < -0.3 is 4.57 Å². The van der Waals surface area contributed by atoms with E-state index in [9.17, 15) is 0 Å². The first-order valence-electron chi connectivity index (χ1n) is 16.1. The van der Waals surface area contributed by atoms with Crippen LogP contribution in [-0.4, -0.2) is 9.55 Å². The highest BCUT2D eigenvalue weighted by Crippen LogP contribution is 2.43. The second kappa shape index (κ2) is 10.1. The van der Waals surface area contributed by atoms with Crippen molar-refractivity contribution in [2.75, 3.05) is 0 Å². The summed E-state index contributed by atoms with van der Waals surface area (Å²) >= 11 is 0. The van der Waals surface area contributed by atoms with Crippen molar-refractivity contribution in [1.29, 1.82) is 0 Å². The number of rotatable bonds is 3. The largest absolute Gasteiger partial charge is 0.309 e. The molecule has 218 valence electrons. The van der Waals surface area contributed by atoms with Crippen molar-refractivity contribution in [2.24, 2.45) is 0 Å². The minimum Gasteiger partial charge on any atom is -0.309 e. The smallest absolute Gasteiger partial charge is 0.0794 e. The van der Waals surface area contributed by atoms with Gasteiger partial charge in [0.15, 0.2) is 0 Å². The van der Waals surface area contributed by atoms with Crippen LogP contribution in [0.1, 0.15) is 0 Å². The lowest BCUT2D eigenvalue weighted by Crippen LogP contribution is -1.95. The van der Waals surface area contributed by atoms with E-state index in [0.29, 0.717) is 0 Å². The van der Waals surface area contributed by atoms with Crippen LogP contribution in [0.15, 0.2) is 170 Å². The fourth-order valence-corrected chi connectivity index (χ4v) is 7.71. The van der Waals surface area contributed by atoms with Crippen LogP contribution >= 0.6 is 0 Å². The third kappa shape index (κ3) is 3.89. The highest BCUT2D eigenvalue weighted by molar-refractivity contribution is 6.33. The Bertz CT molecular complexity index is 2800. The first kappa shape index (κ1) is 26.0. The number of benzene rings is 8. The summed E-state index contributed by atoms with van der Waals surface area (Å²) in [6.07, 6.45) is 0. The lowest BCUT2D eigenvalue weighted by Gasteiger charge is -2.17. The van der Waals surface area contributed by atoms with E-state index in [-0.39, 0.29) is 0 Å². The first-order valence-corrected chi connectivity index (χ1v) is 16.1. The van der Waals surface area contributed by atoms with Gasteiger partial charge in [-0.25, -0.2) is 4.98 Å². The molecule has 0 aliphatic carbocycles. The molecule has 0 aliphatic heterocycles. The molecular formula is C45H28N2. The van der Waals surface area contributed by atoms with Crippen LogP contribution in [0.25, 0.3) is 93.1 Å². The Balaban J connectivity index is 1.22. The van der Waals surface area contributed by atoms with Gasteiger partial charge in [0.2, 0.25) is 0 Å². The molecule has 0 unspecified atom stereocenters. The lowest BCUT2D eigenvalue weighted by molar-refractivity contribution is 1.18. The van der Waals surface area contributed by atoms with Crippen LogP contribution in [0.5, 0.6) is 0 Å². The summed E-state index contributed by atoms with van der Waals surface area (Å²) in [5.74, 6) is 0.